The fraction of sp³-hybridized carbons (Fsp3) is 0.524. The maximum Gasteiger partial charge on any atom is 0.492 e. The normalized spacial score (nSPS) is 18.7. The minimum Gasteiger partial charge on any atom is -0.444 e. The van der Waals surface area contributed by atoms with Gasteiger partial charge in [0.1, 0.15) is 11.9 Å². The number of carbonyl (C=O) groups excluding carboxylic acids is 2. The molecule has 28 heavy (non-hydrogen) atoms. The van der Waals surface area contributed by atoms with Crippen LogP contribution in [-0.2, 0) is 14.0 Å². The fourth-order valence-corrected chi connectivity index (χ4v) is 2.57. The Morgan fingerprint density at radius 1 is 1.07 bits per heavy atom. The van der Waals surface area contributed by atoms with Gasteiger partial charge in [-0.1, -0.05) is 30.3 Å². The molecule has 0 aliphatic carbocycles. The molecule has 1 aliphatic heterocycles. The van der Waals surface area contributed by atoms with Crippen LogP contribution in [0.4, 0.5) is 4.79 Å². The van der Waals surface area contributed by atoms with E-state index in [1.165, 1.54) is 0 Å². The van der Waals surface area contributed by atoms with Gasteiger partial charge in [-0.2, -0.15) is 0 Å². The van der Waals surface area contributed by atoms with Gasteiger partial charge in [0.25, 0.3) is 0 Å². The van der Waals surface area contributed by atoms with Crippen molar-refractivity contribution in [2.24, 2.45) is 0 Å². The van der Waals surface area contributed by atoms with E-state index >= 15 is 0 Å². The molecule has 0 saturated carbocycles. The largest absolute Gasteiger partial charge is 0.492 e. The summed E-state index contributed by atoms with van der Waals surface area (Å²) in [7, 11) is -0.606. The molecule has 1 heterocycles. The number of amides is 1. The van der Waals surface area contributed by atoms with Gasteiger partial charge in [-0.25, -0.2) is 4.79 Å². The zero-order valence-electron chi connectivity index (χ0n) is 17.8. The van der Waals surface area contributed by atoms with Crippen molar-refractivity contribution in [1.82, 2.24) is 5.32 Å². The average Bonchev–Trinajstić information content (AvgIpc) is 2.78. The zero-order chi connectivity index (χ0) is 21.2. The first kappa shape index (κ1) is 22.2. The summed E-state index contributed by atoms with van der Waals surface area (Å²) in [6.07, 6.45) is 2.19. The Kier molecular flexibility index (Phi) is 6.41. The maximum absolute atomic E-state index is 12.1. The molecule has 2 rings (SSSR count). The van der Waals surface area contributed by atoms with Crippen molar-refractivity contribution in [1.29, 1.82) is 0 Å². The van der Waals surface area contributed by atoms with E-state index in [1.54, 1.807) is 12.1 Å². The first-order valence-corrected chi connectivity index (χ1v) is 9.41. The Hall–Kier alpha value is -2.12. The van der Waals surface area contributed by atoms with Crippen molar-refractivity contribution < 1.29 is 23.6 Å². The molecule has 1 aliphatic rings. The summed E-state index contributed by atoms with van der Waals surface area (Å²) in [6, 6.07) is 7.15. The first-order valence-electron chi connectivity index (χ1n) is 9.41. The highest BCUT2D eigenvalue weighted by Gasteiger charge is 2.52. The summed E-state index contributed by atoms with van der Waals surface area (Å²) < 4.78 is 17.6. The van der Waals surface area contributed by atoms with Crippen molar-refractivity contribution in [2.75, 3.05) is 6.54 Å². The Labute approximate surface area is 167 Å². The van der Waals surface area contributed by atoms with Crippen LogP contribution in [-0.4, -0.2) is 42.8 Å². The lowest BCUT2D eigenvalue weighted by Gasteiger charge is -2.32. The minimum absolute atomic E-state index is 0.209. The summed E-state index contributed by atoms with van der Waals surface area (Å²) in [5, 5.41) is 2.77. The molecular weight excluding hydrogens is 357 g/mol. The number of rotatable bonds is 5. The van der Waals surface area contributed by atoms with Gasteiger partial charge in [-0.15, -0.1) is 0 Å². The van der Waals surface area contributed by atoms with E-state index in [0.29, 0.717) is 5.56 Å². The van der Waals surface area contributed by atoms with Gasteiger partial charge in [0.05, 0.1) is 11.2 Å². The van der Waals surface area contributed by atoms with Gasteiger partial charge in [0, 0.05) is 12.1 Å². The molecule has 0 radical (unpaired) electrons. The quantitative estimate of drug-likeness (QED) is 0.610. The van der Waals surface area contributed by atoms with E-state index in [9.17, 15) is 9.59 Å². The lowest BCUT2D eigenvalue weighted by molar-refractivity contribution is 0.00578. The van der Waals surface area contributed by atoms with Crippen LogP contribution in [0, 0.1) is 0 Å². The van der Waals surface area contributed by atoms with Crippen molar-refractivity contribution in [2.45, 2.75) is 65.3 Å². The molecule has 1 amide bonds. The molecule has 0 bridgehead atoms. The molecule has 1 aromatic rings. The topological polar surface area (TPSA) is 73.9 Å². The number of benzene rings is 1. The lowest BCUT2D eigenvalue weighted by atomic mass is 9.77. The molecule has 0 spiro atoms. The van der Waals surface area contributed by atoms with E-state index in [-0.39, 0.29) is 6.54 Å². The number of nitrogens with one attached hydrogen (secondary N) is 1. The van der Waals surface area contributed by atoms with Gasteiger partial charge in [0.15, 0.2) is 0 Å². The smallest absolute Gasteiger partial charge is 0.444 e. The number of aldehydes is 1. The third-order valence-electron chi connectivity index (χ3n) is 4.82. The molecule has 1 saturated heterocycles. The number of alkyl carbamates (subject to hydrolysis) is 1. The molecule has 7 heteroatoms. The minimum atomic E-state index is -0.606. The molecule has 0 aromatic heterocycles. The monoisotopic (exact) mass is 387 g/mol. The SMILES string of the molecule is CC(C)(C)OC(=O)NCC(=Cc1ccc(C=O)cc1)B1OC(C)(C)C(C)(C)O1. The fourth-order valence-electron chi connectivity index (χ4n) is 2.57. The standard InChI is InChI=1S/C21H30BNO5/c1-19(2,3)26-18(25)23-13-17(12-15-8-10-16(14-24)11-9-15)22-27-20(4,5)21(6,7)28-22/h8-12,14H,13H2,1-7H3,(H,23,25). The van der Waals surface area contributed by atoms with Gasteiger partial charge < -0.3 is 19.4 Å². The second-order valence-corrected chi connectivity index (χ2v) is 8.95. The summed E-state index contributed by atoms with van der Waals surface area (Å²) in [4.78, 5) is 23.0. The van der Waals surface area contributed by atoms with Crippen LogP contribution in [0.2, 0.25) is 0 Å². The average molecular weight is 387 g/mol. The second-order valence-electron chi connectivity index (χ2n) is 8.95. The van der Waals surface area contributed by atoms with Gasteiger partial charge >= 0.3 is 13.2 Å². The molecule has 152 valence electrons. The van der Waals surface area contributed by atoms with Crippen molar-refractivity contribution >= 4 is 25.6 Å². The van der Waals surface area contributed by atoms with E-state index in [2.05, 4.69) is 5.32 Å². The van der Waals surface area contributed by atoms with Crippen LogP contribution in [0.3, 0.4) is 0 Å². The van der Waals surface area contributed by atoms with Gasteiger partial charge in [-0.05, 0) is 59.5 Å². The second kappa shape index (κ2) is 8.09. The summed E-state index contributed by atoms with van der Waals surface area (Å²) >= 11 is 0. The van der Waals surface area contributed by atoms with Crippen LogP contribution in [0.15, 0.2) is 29.7 Å². The molecule has 0 atom stereocenters. The van der Waals surface area contributed by atoms with Gasteiger partial charge in [-0.3, -0.25) is 4.79 Å². The third-order valence-corrected chi connectivity index (χ3v) is 4.82. The van der Waals surface area contributed by atoms with Crippen LogP contribution >= 0.6 is 0 Å². The number of ether oxygens (including phenoxy) is 1. The number of hydrogen-bond donors (Lipinski definition) is 1. The van der Waals surface area contributed by atoms with Crippen LogP contribution in [0.5, 0.6) is 0 Å². The predicted molar refractivity (Wildman–Crippen MR) is 110 cm³/mol. The molecule has 1 fully saturated rings. The highest BCUT2D eigenvalue weighted by atomic mass is 16.7. The molecule has 0 unspecified atom stereocenters. The summed E-state index contributed by atoms with van der Waals surface area (Å²) in [5.41, 5.74) is 0.655. The maximum atomic E-state index is 12.1. The molecule has 1 aromatic carbocycles. The lowest BCUT2D eigenvalue weighted by Crippen LogP contribution is -2.41. The predicted octanol–water partition coefficient (Wildman–Crippen LogP) is 4.04. The Morgan fingerprint density at radius 2 is 1.57 bits per heavy atom. The van der Waals surface area contributed by atoms with Crippen molar-refractivity contribution in [3.05, 3.63) is 40.9 Å². The summed E-state index contributed by atoms with van der Waals surface area (Å²) in [6.45, 7) is 13.6. The van der Waals surface area contributed by atoms with Gasteiger partial charge in [0.2, 0.25) is 0 Å². The Bertz CT molecular complexity index is 731. The Morgan fingerprint density at radius 3 is 2.04 bits per heavy atom. The van der Waals surface area contributed by atoms with E-state index in [0.717, 1.165) is 17.3 Å². The van der Waals surface area contributed by atoms with E-state index in [4.69, 9.17) is 14.0 Å². The van der Waals surface area contributed by atoms with Crippen molar-refractivity contribution in [3.63, 3.8) is 0 Å². The highest BCUT2D eigenvalue weighted by molar-refractivity contribution is 6.56. The zero-order valence-corrected chi connectivity index (χ0v) is 17.8. The first-order chi connectivity index (χ1) is 12.8. The Balaban J connectivity index is 2.24. The molecular formula is C21H30BNO5. The van der Waals surface area contributed by atoms with Crippen LogP contribution in [0.1, 0.15) is 64.4 Å². The number of hydrogen-bond acceptors (Lipinski definition) is 5. The van der Waals surface area contributed by atoms with Crippen LogP contribution in [0.25, 0.3) is 6.08 Å². The summed E-state index contributed by atoms with van der Waals surface area (Å²) in [5.74, 6) is 0. The molecule has 6 nitrogen and oxygen atoms in total. The third kappa shape index (κ3) is 5.69. The number of carbonyl (C=O) groups is 2. The van der Waals surface area contributed by atoms with Crippen molar-refractivity contribution in [3.8, 4) is 0 Å². The van der Waals surface area contributed by atoms with Crippen LogP contribution < -0.4 is 5.32 Å². The van der Waals surface area contributed by atoms with E-state index in [1.807, 2.05) is 66.7 Å². The van der Waals surface area contributed by atoms with E-state index < -0.39 is 30.0 Å². The highest BCUT2D eigenvalue weighted by Crippen LogP contribution is 2.38. The molecule has 1 N–H and O–H groups in total.